The molecule has 3 amide bonds. The van der Waals surface area contributed by atoms with Crippen LogP contribution in [0, 0.1) is 5.41 Å². The van der Waals surface area contributed by atoms with Crippen molar-refractivity contribution in [3.63, 3.8) is 0 Å². The number of urea groups is 1. The van der Waals surface area contributed by atoms with Crippen LogP contribution in [0.15, 0.2) is 0 Å². The average Bonchev–Trinajstić information content (AvgIpc) is 2.38. The lowest BCUT2D eigenvalue weighted by molar-refractivity contribution is -0.121. The fourth-order valence-corrected chi connectivity index (χ4v) is 1.43. The van der Waals surface area contributed by atoms with Gasteiger partial charge in [0.2, 0.25) is 5.91 Å². The SMILES string of the molecule is CC(C)(C)CNC(=O)N1CCCNC(=O)C1. The van der Waals surface area contributed by atoms with E-state index in [1.54, 1.807) is 4.90 Å². The summed E-state index contributed by atoms with van der Waals surface area (Å²) in [4.78, 5) is 24.6. The van der Waals surface area contributed by atoms with Crippen LogP contribution in [-0.2, 0) is 4.79 Å². The van der Waals surface area contributed by atoms with E-state index in [1.165, 1.54) is 0 Å². The Hall–Kier alpha value is -1.26. The first-order valence-electron chi connectivity index (χ1n) is 5.68. The number of nitrogens with one attached hydrogen (secondary N) is 2. The van der Waals surface area contributed by atoms with Crippen LogP contribution >= 0.6 is 0 Å². The number of carbonyl (C=O) groups excluding carboxylic acids is 2. The lowest BCUT2D eigenvalue weighted by Gasteiger charge is -2.24. The van der Waals surface area contributed by atoms with Gasteiger partial charge in [0.25, 0.3) is 0 Å². The van der Waals surface area contributed by atoms with Gasteiger partial charge in [-0.15, -0.1) is 0 Å². The van der Waals surface area contributed by atoms with Gasteiger partial charge in [0.1, 0.15) is 6.54 Å². The minimum Gasteiger partial charge on any atom is -0.354 e. The van der Waals surface area contributed by atoms with Gasteiger partial charge in [0.05, 0.1) is 0 Å². The lowest BCUT2D eigenvalue weighted by Crippen LogP contribution is -2.45. The standard InChI is InChI=1S/C11H21N3O2/c1-11(2,3)8-13-10(16)14-6-4-5-12-9(15)7-14/h4-8H2,1-3H3,(H,12,15)(H,13,16). The summed E-state index contributed by atoms with van der Waals surface area (Å²) < 4.78 is 0. The maximum Gasteiger partial charge on any atom is 0.317 e. The summed E-state index contributed by atoms with van der Waals surface area (Å²) >= 11 is 0. The third kappa shape index (κ3) is 4.51. The van der Waals surface area contributed by atoms with Gasteiger partial charge >= 0.3 is 6.03 Å². The molecule has 1 saturated heterocycles. The molecular weight excluding hydrogens is 206 g/mol. The van der Waals surface area contributed by atoms with Gasteiger partial charge < -0.3 is 15.5 Å². The molecule has 0 aromatic rings. The van der Waals surface area contributed by atoms with Gasteiger partial charge in [0, 0.05) is 19.6 Å². The zero-order valence-electron chi connectivity index (χ0n) is 10.3. The molecule has 0 aromatic heterocycles. The zero-order chi connectivity index (χ0) is 12.2. The average molecular weight is 227 g/mol. The van der Waals surface area contributed by atoms with Crippen molar-refractivity contribution in [1.29, 1.82) is 0 Å². The van der Waals surface area contributed by atoms with Crippen LogP contribution < -0.4 is 10.6 Å². The van der Waals surface area contributed by atoms with Gasteiger partial charge in [-0.2, -0.15) is 0 Å². The van der Waals surface area contributed by atoms with Crippen LogP contribution in [0.3, 0.4) is 0 Å². The molecule has 0 aliphatic carbocycles. The first-order chi connectivity index (χ1) is 7.38. The number of hydrogen-bond acceptors (Lipinski definition) is 2. The summed E-state index contributed by atoms with van der Waals surface area (Å²) in [6, 6.07) is -0.146. The molecule has 16 heavy (non-hydrogen) atoms. The van der Waals surface area contributed by atoms with E-state index < -0.39 is 0 Å². The Morgan fingerprint density at radius 2 is 2.19 bits per heavy atom. The van der Waals surface area contributed by atoms with E-state index in [1.807, 2.05) is 0 Å². The molecule has 1 fully saturated rings. The molecule has 2 N–H and O–H groups in total. The van der Waals surface area contributed by atoms with Gasteiger partial charge in [-0.3, -0.25) is 4.79 Å². The molecule has 0 atom stereocenters. The highest BCUT2D eigenvalue weighted by Gasteiger charge is 2.20. The first-order valence-corrected chi connectivity index (χ1v) is 5.68. The van der Waals surface area contributed by atoms with Crippen molar-refractivity contribution >= 4 is 11.9 Å². The third-order valence-electron chi connectivity index (χ3n) is 2.32. The van der Waals surface area contributed by atoms with Gasteiger partial charge in [0.15, 0.2) is 0 Å². The van der Waals surface area contributed by atoms with Crippen LogP contribution in [0.5, 0.6) is 0 Å². The smallest absolute Gasteiger partial charge is 0.317 e. The Labute approximate surface area is 96.6 Å². The molecule has 92 valence electrons. The molecule has 0 unspecified atom stereocenters. The number of hydrogen-bond donors (Lipinski definition) is 2. The topological polar surface area (TPSA) is 61.4 Å². The predicted molar refractivity (Wildman–Crippen MR) is 62.1 cm³/mol. The van der Waals surface area contributed by atoms with E-state index in [9.17, 15) is 9.59 Å². The van der Waals surface area contributed by atoms with Crippen molar-refractivity contribution in [3.05, 3.63) is 0 Å². The van der Waals surface area contributed by atoms with Crippen LogP contribution in [-0.4, -0.2) is 43.0 Å². The molecule has 0 spiro atoms. The van der Waals surface area contributed by atoms with Gasteiger partial charge in [-0.25, -0.2) is 4.79 Å². The second kappa shape index (κ2) is 5.18. The maximum absolute atomic E-state index is 11.8. The fourth-order valence-electron chi connectivity index (χ4n) is 1.43. The minimum absolute atomic E-state index is 0.0593. The van der Waals surface area contributed by atoms with E-state index in [0.717, 1.165) is 6.42 Å². The molecule has 0 aromatic carbocycles. The van der Waals surface area contributed by atoms with Crippen molar-refractivity contribution in [2.75, 3.05) is 26.2 Å². The molecule has 0 saturated carbocycles. The van der Waals surface area contributed by atoms with Crippen molar-refractivity contribution in [2.24, 2.45) is 5.41 Å². The molecule has 1 aliphatic heterocycles. The summed E-state index contributed by atoms with van der Waals surface area (Å²) in [7, 11) is 0. The van der Waals surface area contributed by atoms with Gasteiger partial charge in [-0.05, 0) is 11.8 Å². The van der Waals surface area contributed by atoms with E-state index in [4.69, 9.17) is 0 Å². The second-order valence-corrected chi connectivity index (χ2v) is 5.34. The third-order valence-corrected chi connectivity index (χ3v) is 2.32. The molecule has 1 rings (SSSR count). The molecule has 0 bridgehead atoms. The highest BCUT2D eigenvalue weighted by Crippen LogP contribution is 2.10. The summed E-state index contributed by atoms with van der Waals surface area (Å²) in [5.74, 6) is -0.0802. The zero-order valence-corrected chi connectivity index (χ0v) is 10.3. The maximum atomic E-state index is 11.8. The van der Waals surface area contributed by atoms with E-state index in [-0.39, 0.29) is 23.9 Å². The van der Waals surface area contributed by atoms with Crippen LogP contribution in [0.1, 0.15) is 27.2 Å². The monoisotopic (exact) mass is 227 g/mol. The first kappa shape index (κ1) is 12.8. The van der Waals surface area contributed by atoms with Crippen molar-refractivity contribution in [3.8, 4) is 0 Å². The van der Waals surface area contributed by atoms with Crippen LogP contribution in [0.25, 0.3) is 0 Å². The molecule has 1 heterocycles. The molecular formula is C11H21N3O2. The quantitative estimate of drug-likeness (QED) is 0.687. The Morgan fingerprint density at radius 3 is 2.81 bits per heavy atom. The summed E-state index contributed by atoms with van der Waals surface area (Å²) in [6.07, 6.45) is 0.814. The number of rotatable bonds is 1. The Kier molecular flexibility index (Phi) is 4.15. The minimum atomic E-state index is -0.146. The molecule has 5 nitrogen and oxygen atoms in total. The largest absolute Gasteiger partial charge is 0.354 e. The molecule has 0 radical (unpaired) electrons. The van der Waals surface area contributed by atoms with Crippen molar-refractivity contribution in [2.45, 2.75) is 27.2 Å². The van der Waals surface area contributed by atoms with Crippen molar-refractivity contribution < 1.29 is 9.59 Å². The van der Waals surface area contributed by atoms with Crippen LogP contribution in [0.4, 0.5) is 4.79 Å². The normalized spacial score (nSPS) is 17.7. The second-order valence-electron chi connectivity index (χ2n) is 5.34. The Balaban J connectivity index is 2.43. The lowest BCUT2D eigenvalue weighted by atomic mass is 9.97. The number of amides is 3. The predicted octanol–water partition coefficient (Wildman–Crippen LogP) is 0.564. The van der Waals surface area contributed by atoms with Crippen molar-refractivity contribution in [1.82, 2.24) is 15.5 Å². The van der Waals surface area contributed by atoms with E-state index >= 15 is 0 Å². The van der Waals surface area contributed by atoms with Crippen LogP contribution in [0.2, 0.25) is 0 Å². The summed E-state index contributed by atoms with van der Waals surface area (Å²) in [5, 5.41) is 5.59. The Morgan fingerprint density at radius 1 is 1.50 bits per heavy atom. The van der Waals surface area contributed by atoms with E-state index in [2.05, 4.69) is 31.4 Å². The molecule has 1 aliphatic rings. The molecule has 5 heteroatoms. The fraction of sp³-hybridized carbons (Fsp3) is 0.818. The highest BCUT2D eigenvalue weighted by atomic mass is 16.2. The number of carbonyl (C=O) groups is 2. The summed E-state index contributed by atoms with van der Waals surface area (Å²) in [5.41, 5.74) is 0.0593. The Bertz CT molecular complexity index is 271. The number of nitrogens with zero attached hydrogens (tertiary/aromatic N) is 1. The summed E-state index contributed by atoms with van der Waals surface area (Å²) in [6.45, 7) is 8.24. The van der Waals surface area contributed by atoms with Gasteiger partial charge in [-0.1, -0.05) is 20.8 Å². The van der Waals surface area contributed by atoms with E-state index in [0.29, 0.717) is 19.6 Å². The highest BCUT2D eigenvalue weighted by molar-refractivity contribution is 5.84.